The van der Waals surface area contributed by atoms with E-state index in [1.54, 1.807) is 0 Å². The fourth-order valence-corrected chi connectivity index (χ4v) is 8.64. The molecule has 0 heterocycles. The predicted molar refractivity (Wildman–Crippen MR) is 105 cm³/mol. The van der Waals surface area contributed by atoms with Crippen LogP contribution in [0.5, 0.6) is 0 Å². The lowest BCUT2D eigenvalue weighted by atomic mass is 9.40. The van der Waals surface area contributed by atoms with Crippen molar-refractivity contribution in [2.45, 2.75) is 111 Å². The maximum Gasteiger partial charge on any atom is 0.0545 e. The quantitative estimate of drug-likeness (QED) is 0.611. The predicted octanol–water partition coefficient (Wildman–Crippen LogP) is 6.59. The molecule has 8 atom stereocenters. The molecule has 0 saturated heterocycles. The second kappa shape index (κ2) is 6.25. The smallest absolute Gasteiger partial charge is 0.0545 e. The number of hydrogen-bond acceptors (Lipinski definition) is 1. The lowest BCUT2D eigenvalue weighted by Gasteiger charge is -2.65. The molecule has 0 aliphatic heterocycles. The van der Waals surface area contributed by atoms with Crippen LogP contribution in [0.4, 0.5) is 0 Å². The highest BCUT2D eigenvalue weighted by Crippen LogP contribution is 2.70. The van der Waals surface area contributed by atoms with Gasteiger partial charge in [0.05, 0.1) is 6.10 Å². The highest BCUT2D eigenvalue weighted by atomic mass is 16.3. The largest absolute Gasteiger partial charge is 0.393 e. The molecule has 0 bridgehead atoms. The van der Waals surface area contributed by atoms with Crippen molar-refractivity contribution >= 4 is 0 Å². The Morgan fingerprint density at radius 1 is 0.880 bits per heavy atom. The summed E-state index contributed by atoms with van der Waals surface area (Å²) in [4.78, 5) is 0. The van der Waals surface area contributed by atoms with Crippen LogP contribution in [0.15, 0.2) is 0 Å². The number of fused-ring (bicyclic) bond motifs is 5. The molecule has 0 radical (unpaired) electrons. The molecule has 1 N–H and O–H groups in total. The Morgan fingerprint density at radius 2 is 1.68 bits per heavy atom. The van der Waals surface area contributed by atoms with Crippen molar-refractivity contribution in [1.82, 2.24) is 0 Å². The maximum atomic E-state index is 10.3. The second-order valence-electron chi connectivity index (χ2n) is 11.3. The minimum atomic E-state index is -0.0339. The first kappa shape index (κ1) is 18.3. The minimum absolute atomic E-state index is 0.0339. The first-order valence-corrected chi connectivity index (χ1v) is 11.5. The van der Waals surface area contributed by atoms with Gasteiger partial charge in [-0.25, -0.2) is 0 Å². The number of rotatable bonds is 3. The highest BCUT2D eigenvalue weighted by molar-refractivity contribution is 5.12. The molecule has 144 valence electrons. The first-order valence-electron chi connectivity index (χ1n) is 11.5. The summed E-state index contributed by atoms with van der Waals surface area (Å²) in [6, 6.07) is 0. The average molecular weight is 347 g/mol. The molecular formula is C24H42O. The monoisotopic (exact) mass is 346 g/mol. The van der Waals surface area contributed by atoms with Crippen LogP contribution in [0.3, 0.4) is 0 Å². The first-order chi connectivity index (χ1) is 11.8. The Balaban J connectivity index is 1.58. The Kier molecular flexibility index (Phi) is 4.58. The fourth-order valence-electron chi connectivity index (χ4n) is 8.64. The van der Waals surface area contributed by atoms with Crippen LogP contribution in [0.1, 0.15) is 105 Å². The SMILES string of the molecule is CCCC[C@H]1CCC2[C@@H]3CC[C@]4(C)C[C@H](O)CC[C@]4(C)C3CC[C@@]21C. The molecule has 0 spiro atoms. The van der Waals surface area contributed by atoms with Gasteiger partial charge in [-0.1, -0.05) is 40.5 Å². The zero-order valence-corrected chi connectivity index (χ0v) is 17.3. The van der Waals surface area contributed by atoms with Gasteiger partial charge in [-0.05, 0) is 104 Å². The molecule has 1 nitrogen and oxygen atoms in total. The van der Waals surface area contributed by atoms with E-state index in [1.165, 1.54) is 64.2 Å². The lowest BCUT2D eigenvalue weighted by molar-refractivity contribution is -0.170. The molecule has 0 aromatic heterocycles. The third kappa shape index (κ3) is 2.58. The molecule has 4 rings (SSSR count). The van der Waals surface area contributed by atoms with E-state index in [2.05, 4.69) is 27.7 Å². The summed E-state index contributed by atoms with van der Waals surface area (Å²) < 4.78 is 0. The van der Waals surface area contributed by atoms with Crippen LogP contribution in [0, 0.1) is 39.9 Å². The van der Waals surface area contributed by atoms with Crippen molar-refractivity contribution in [3.63, 3.8) is 0 Å². The van der Waals surface area contributed by atoms with Gasteiger partial charge in [-0.15, -0.1) is 0 Å². The van der Waals surface area contributed by atoms with Gasteiger partial charge in [0.15, 0.2) is 0 Å². The molecule has 2 unspecified atom stereocenters. The summed E-state index contributed by atoms with van der Waals surface area (Å²) in [6.45, 7) is 10.2. The van der Waals surface area contributed by atoms with E-state index in [0.717, 1.165) is 36.5 Å². The molecule has 25 heavy (non-hydrogen) atoms. The van der Waals surface area contributed by atoms with Gasteiger partial charge in [0.1, 0.15) is 0 Å². The van der Waals surface area contributed by atoms with Crippen molar-refractivity contribution < 1.29 is 5.11 Å². The van der Waals surface area contributed by atoms with E-state index in [9.17, 15) is 5.11 Å². The fraction of sp³-hybridized carbons (Fsp3) is 1.00. The van der Waals surface area contributed by atoms with Crippen molar-refractivity contribution in [3.8, 4) is 0 Å². The van der Waals surface area contributed by atoms with Gasteiger partial charge in [0.2, 0.25) is 0 Å². The molecule has 0 amide bonds. The standard InChI is InChI=1S/C24H42O/c1-5-6-7-17-8-9-20-19-11-13-22(2)16-18(25)10-15-24(22,4)21(19)12-14-23(17,20)3/h17-21,25H,5-16H2,1-4H3/t17-,18+,19-,20?,21?,22+,23+,24+/m0/s1. The average Bonchev–Trinajstić information content (AvgIpc) is 2.90. The van der Waals surface area contributed by atoms with Crippen LogP contribution in [-0.4, -0.2) is 11.2 Å². The summed E-state index contributed by atoms with van der Waals surface area (Å²) >= 11 is 0. The van der Waals surface area contributed by atoms with E-state index in [4.69, 9.17) is 0 Å². The van der Waals surface area contributed by atoms with E-state index in [1.807, 2.05) is 0 Å². The second-order valence-corrected chi connectivity index (χ2v) is 11.3. The summed E-state index contributed by atoms with van der Waals surface area (Å²) in [5.41, 5.74) is 1.52. The van der Waals surface area contributed by atoms with Crippen molar-refractivity contribution in [1.29, 1.82) is 0 Å². The number of aliphatic hydroxyl groups excluding tert-OH is 1. The summed E-state index contributed by atoms with van der Waals surface area (Å²) in [7, 11) is 0. The number of hydrogen-bond donors (Lipinski definition) is 1. The Hall–Kier alpha value is -0.0400. The summed E-state index contributed by atoms with van der Waals surface area (Å²) in [6.07, 6.45) is 16.5. The molecular weight excluding hydrogens is 304 g/mol. The van der Waals surface area contributed by atoms with Crippen LogP contribution in [0.2, 0.25) is 0 Å². The number of unbranched alkanes of at least 4 members (excludes halogenated alkanes) is 1. The van der Waals surface area contributed by atoms with Crippen molar-refractivity contribution in [3.05, 3.63) is 0 Å². The zero-order valence-electron chi connectivity index (χ0n) is 17.3. The van der Waals surface area contributed by atoms with Gasteiger partial charge >= 0.3 is 0 Å². The number of aliphatic hydroxyl groups is 1. The lowest BCUT2D eigenvalue weighted by Crippen LogP contribution is -2.58. The summed E-state index contributed by atoms with van der Waals surface area (Å²) in [5, 5.41) is 10.3. The van der Waals surface area contributed by atoms with Crippen molar-refractivity contribution in [2.75, 3.05) is 0 Å². The van der Waals surface area contributed by atoms with E-state index in [0.29, 0.717) is 16.2 Å². The van der Waals surface area contributed by atoms with Crippen LogP contribution >= 0.6 is 0 Å². The molecule has 4 aliphatic carbocycles. The van der Waals surface area contributed by atoms with E-state index in [-0.39, 0.29) is 6.10 Å². The molecule has 0 aromatic carbocycles. The van der Waals surface area contributed by atoms with Crippen LogP contribution in [0.25, 0.3) is 0 Å². The third-order valence-corrected chi connectivity index (χ3v) is 10.4. The zero-order chi connectivity index (χ0) is 17.9. The maximum absolute atomic E-state index is 10.3. The molecule has 1 heteroatoms. The highest BCUT2D eigenvalue weighted by Gasteiger charge is 2.62. The topological polar surface area (TPSA) is 20.2 Å². The van der Waals surface area contributed by atoms with Crippen molar-refractivity contribution in [2.24, 2.45) is 39.9 Å². The van der Waals surface area contributed by atoms with Gasteiger partial charge in [-0.3, -0.25) is 0 Å². The van der Waals surface area contributed by atoms with Gasteiger partial charge in [0.25, 0.3) is 0 Å². The molecule has 4 fully saturated rings. The molecule has 0 aromatic rings. The minimum Gasteiger partial charge on any atom is -0.393 e. The Bertz CT molecular complexity index is 500. The van der Waals surface area contributed by atoms with Crippen LogP contribution < -0.4 is 0 Å². The molecule has 4 aliphatic rings. The van der Waals surface area contributed by atoms with E-state index >= 15 is 0 Å². The third-order valence-electron chi connectivity index (χ3n) is 10.4. The van der Waals surface area contributed by atoms with Crippen LogP contribution in [-0.2, 0) is 0 Å². The van der Waals surface area contributed by atoms with E-state index < -0.39 is 0 Å². The molecule has 4 saturated carbocycles. The van der Waals surface area contributed by atoms with Gasteiger partial charge in [0, 0.05) is 0 Å². The van der Waals surface area contributed by atoms with Gasteiger partial charge in [-0.2, -0.15) is 0 Å². The normalized spacial score (nSPS) is 55.3. The Morgan fingerprint density at radius 3 is 2.44 bits per heavy atom. The summed E-state index contributed by atoms with van der Waals surface area (Å²) in [5.74, 6) is 3.93. The van der Waals surface area contributed by atoms with Gasteiger partial charge < -0.3 is 5.11 Å². The Labute approximate surface area is 156 Å².